The minimum absolute atomic E-state index is 0.0231. The lowest BCUT2D eigenvalue weighted by Crippen LogP contribution is -1.97. The maximum atomic E-state index is 14.2. The fourth-order valence-corrected chi connectivity index (χ4v) is 1.88. The van der Waals surface area contributed by atoms with E-state index in [1.54, 1.807) is 0 Å². The third kappa shape index (κ3) is 2.39. The minimum Gasteiger partial charge on any atom is -0.466 e. The van der Waals surface area contributed by atoms with Gasteiger partial charge in [0.05, 0.1) is 12.5 Å². The van der Waals surface area contributed by atoms with Gasteiger partial charge in [0.25, 0.3) is 0 Å². The highest BCUT2D eigenvalue weighted by molar-refractivity contribution is 5.90. The van der Waals surface area contributed by atoms with Crippen molar-refractivity contribution in [3.63, 3.8) is 0 Å². The first kappa shape index (κ1) is 14.1. The number of methoxy groups -OCH3 is 1. The van der Waals surface area contributed by atoms with Crippen molar-refractivity contribution in [2.75, 3.05) is 7.11 Å². The average Bonchev–Trinajstić information content (AvgIpc) is 2.43. The van der Waals surface area contributed by atoms with Crippen molar-refractivity contribution >= 4 is 22.8 Å². The zero-order valence-electron chi connectivity index (χ0n) is 10.8. The predicted molar refractivity (Wildman–Crippen MR) is 69.6 cm³/mol. The highest BCUT2D eigenvalue weighted by atomic mass is 19.2. The van der Waals surface area contributed by atoms with Crippen molar-refractivity contribution in [1.82, 2.24) is 0 Å². The van der Waals surface area contributed by atoms with E-state index in [2.05, 4.69) is 4.74 Å². The van der Waals surface area contributed by atoms with E-state index in [1.807, 2.05) is 0 Å². The molecule has 0 atom stereocenters. The van der Waals surface area contributed by atoms with Gasteiger partial charge in [-0.2, -0.15) is 0 Å². The number of esters is 1. The summed E-state index contributed by atoms with van der Waals surface area (Å²) in [5.41, 5.74) is 0.0808. The normalized spacial score (nSPS) is 11.2. The van der Waals surface area contributed by atoms with Crippen LogP contribution in [0.2, 0.25) is 0 Å². The molecule has 0 aliphatic rings. The molecule has 0 unspecified atom stereocenters. The van der Waals surface area contributed by atoms with E-state index in [0.717, 1.165) is 12.2 Å². The molecule has 0 amide bonds. The van der Waals surface area contributed by atoms with Crippen LogP contribution < -0.4 is 0 Å². The smallest absolute Gasteiger partial charge is 0.330 e. The number of rotatable bonds is 2. The van der Waals surface area contributed by atoms with Crippen LogP contribution in [0, 0.1) is 24.4 Å². The molecule has 0 bridgehead atoms. The Kier molecular flexibility index (Phi) is 3.79. The lowest BCUT2D eigenvalue weighted by Gasteiger charge is -2.07. The van der Waals surface area contributed by atoms with E-state index in [4.69, 9.17) is 0 Å². The predicted octanol–water partition coefficient (Wildman–Crippen LogP) is 3.75. The molecule has 0 spiro atoms. The van der Waals surface area contributed by atoms with Crippen LogP contribution in [-0.2, 0) is 9.53 Å². The summed E-state index contributed by atoms with van der Waals surface area (Å²) in [6, 6.07) is 4.21. The molecule has 2 nitrogen and oxygen atoms in total. The van der Waals surface area contributed by atoms with Gasteiger partial charge in [-0.1, -0.05) is 12.1 Å². The van der Waals surface area contributed by atoms with Crippen molar-refractivity contribution in [3.8, 4) is 0 Å². The molecule has 0 aromatic heterocycles. The van der Waals surface area contributed by atoms with Gasteiger partial charge in [0.1, 0.15) is 5.82 Å². The van der Waals surface area contributed by atoms with Crippen molar-refractivity contribution < 1.29 is 22.7 Å². The molecule has 2 rings (SSSR count). The van der Waals surface area contributed by atoms with Gasteiger partial charge in [-0.15, -0.1) is 0 Å². The van der Waals surface area contributed by atoms with Gasteiger partial charge in [0.15, 0.2) is 11.6 Å². The fraction of sp³-hybridized carbons (Fsp3) is 0.133. The second kappa shape index (κ2) is 5.36. The summed E-state index contributed by atoms with van der Waals surface area (Å²) < 4.78 is 45.9. The molecule has 0 fully saturated rings. The summed E-state index contributed by atoms with van der Waals surface area (Å²) in [6.45, 7) is 1.40. The number of halogens is 3. The van der Waals surface area contributed by atoms with E-state index in [0.29, 0.717) is 0 Å². The van der Waals surface area contributed by atoms with Crippen molar-refractivity contribution in [2.24, 2.45) is 0 Å². The summed E-state index contributed by atoms with van der Waals surface area (Å²) >= 11 is 0. The molecular weight excluding hydrogens is 269 g/mol. The average molecular weight is 280 g/mol. The Balaban J connectivity index is 2.64. The fourth-order valence-electron chi connectivity index (χ4n) is 1.88. The molecular formula is C15H11F3O2. The largest absolute Gasteiger partial charge is 0.466 e. The molecule has 2 aromatic carbocycles. The Morgan fingerprint density at radius 2 is 1.85 bits per heavy atom. The van der Waals surface area contributed by atoms with Crippen molar-refractivity contribution in [3.05, 3.63) is 52.9 Å². The molecule has 0 saturated carbocycles. The van der Waals surface area contributed by atoms with Crippen LogP contribution in [-0.4, -0.2) is 13.1 Å². The lowest BCUT2D eigenvalue weighted by atomic mass is 10.0. The highest BCUT2D eigenvalue weighted by Gasteiger charge is 2.16. The standard InChI is InChI=1S/C15H11F3O2/c1-8-7-10-4-3-9(5-6-11(19)20-2)14(17)12(10)15(18)13(8)16/h3-7H,1-2H3. The number of carbonyl (C=O) groups is 1. The Hall–Kier alpha value is -2.30. The van der Waals surface area contributed by atoms with Crippen LogP contribution in [0.15, 0.2) is 24.3 Å². The molecule has 0 N–H and O–H groups in total. The van der Waals surface area contributed by atoms with Gasteiger partial charge in [0.2, 0.25) is 0 Å². The first-order valence-corrected chi connectivity index (χ1v) is 5.78. The molecule has 20 heavy (non-hydrogen) atoms. The van der Waals surface area contributed by atoms with Gasteiger partial charge in [0, 0.05) is 11.6 Å². The quantitative estimate of drug-likeness (QED) is 0.618. The van der Waals surface area contributed by atoms with Crippen LogP contribution in [0.5, 0.6) is 0 Å². The third-order valence-electron chi connectivity index (χ3n) is 2.93. The summed E-state index contributed by atoms with van der Waals surface area (Å²) in [7, 11) is 1.18. The molecule has 0 heterocycles. The van der Waals surface area contributed by atoms with Gasteiger partial charge < -0.3 is 4.74 Å². The molecule has 0 radical (unpaired) electrons. The Morgan fingerprint density at radius 1 is 1.15 bits per heavy atom. The number of hydrogen-bond acceptors (Lipinski definition) is 2. The summed E-state index contributed by atoms with van der Waals surface area (Å²) in [6.07, 6.45) is 2.16. The second-order valence-electron chi connectivity index (χ2n) is 4.24. The first-order valence-electron chi connectivity index (χ1n) is 5.78. The van der Waals surface area contributed by atoms with Gasteiger partial charge >= 0.3 is 5.97 Å². The van der Waals surface area contributed by atoms with E-state index < -0.39 is 28.8 Å². The number of aryl methyl sites for hydroxylation is 1. The molecule has 5 heteroatoms. The number of carbonyl (C=O) groups excluding carboxylic acids is 1. The first-order chi connectivity index (χ1) is 9.45. The van der Waals surface area contributed by atoms with Crippen LogP contribution in [0.3, 0.4) is 0 Å². The number of fused-ring (bicyclic) bond motifs is 1. The van der Waals surface area contributed by atoms with Crippen molar-refractivity contribution in [1.29, 1.82) is 0 Å². The minimum atomic E-state index is -1.23. The summed E-state index contributed by atoms with van der Waals surface area (Å²) in [5.74, 6) is -3.89. The lowest BCUT2D eigenvalue weighted by molar-refractivity contribution is -0.134. The third-order valence-corrected chi connectivity index (χ3v) is 2.93. The van der Waals surface area contributed by atoms with Crippen LogP contribution in [0.25, 0.3) is 16.8 Å². The maximum absolute atomic E-state index is 14.2. The van der Waals surface area contributed by atoms with Crippen LogP contribution in [0.1, 0.15) is 11.1 Å². The monoisotopic (exact) mass is 280 g/mol. The zero-order valence-corrected chi connectivity index (χ0v) is 10.8. The Labute approximate surface area is 113 Å². The Bertz CT molecular complexity index is 721. The Morgan fingerprint density at radius 3 is 2.50 bits per heavy atom. The summed E-state index contributed by atoms with van der Waals surface area (Å²) in [5, 5.41) is -0.172. The topological polar surface area (TPSA) is 26.3 Å². The van der Waals surface area contributed by atoms with Gasteiger partial charge in [-0.25, -0.2) is 18.0 Å². The van der Waals surface area contributed by atoms with Gasteiger partial charge in [-0.05, 0) is 30.0 Å². The van der Waals surface area contributed by atoms with Crippen LogP contribution >= 0.6 is 0 Å². The van der Waals surface area contributed by atoms with E-state index in [9.17, 15) is 18.0 Å². The molecule has 0 aliphatic heterocycles. The molecule has 104 valence electrons. The molecule has 0 saturated heterocycles. The van der Waals surface area contributed by atoms with E-state index in [1.165, 1.54) is 32.2 Å². The summed E-state index contributed by atoms with van der Waals surface area (Å²) in [4.78, 5) is 11.0. The molecule has 2 aromatic rings. The number of ether oxygens (including phenoxy) is 1. The van der Waals surface area contributed by atoms with Crippen LogP contribution in [0.4, 0.5) is 13.2 Å². The second-order valence-corrected chi connectivity index (χ2v) is 4.24. The van der Waals surface area contributed by atoms with E-state index >= 15 is 0 Å². The van der Waals surface area contributed by atoms with Gasteiger partial charge in [-0.3, -0.25) is 0 Å². The highest BCUT2D eigenvalue weighted by Crippen LogP contribution is 2.28. The number of hydrogen-bond donors (Lipinski definition) is 0. The van der Waals surface area contributed by atoms with Crippen molar-refractivity contribution in [2.45, 2.75) is 6.92 Å². The maximum Gasteiger partial charge on any atom is 0.330 e. The SMILES string of the molecule is COC(=O)C=Cc1ccc2cc(C)c(F)c(F)c2c1F. The molecule has 0 aliphatic carbocycles. The van der Waals surface area contributed by atoms with E-state index in [-0.39, 0.29) is 16.5 Å². The number of benzene rings is 2. The zero-order chi connectivity index (χ0) is 14.9.